The zero-order valence-electron chi connectivity index (χ0n) is 14.1. The number of carbonyl (C=O) groups excluding carboxylic acids is 1. The van der Waals surface area contributed by atoms with E-state index in [1.54, 1.807) is 11.3 Å². The maximum Gasteiger partial charge on any atom is 0.273 e. The minimum Gasteiger partial charge on any atom is -0.368 e. The smallest absolute Gasteiger partial charge is 0.273 e. The minimum absolute atomic E-state index is 0.0415. The molecule has 0 N–H and O–H groups in total. The van der Waals surface area contributed by atoms with Crippen LogP contribution >= 0.6 is 11.3 Å². The Morgan fingerprint density at radius 1 is 1.00 bits per heavy atom. The van der Waals surface area contributed by atoms with Crippen LogP contribution in [0.4, 0.5) is 5.69 Å². The summed E-state index contributed by atoms with van der Waals surface area (Å²) >= 11 is 1.56. The summed E-state index contributed by atoms with van der Waals surface area (Å²) < 4.78 is 1.95. The summed E-state index contributed by atoms with van der Waals surface area (Å²) in [7, 11) is 0. The van der Waals surface area contributed by atoms with Crippen LogP contribution in [0.25, 0.3) is 5.13 Å². The van der Waals surface area contributed by atoms with Gasteiger partial charge in [-0.05, 0) is 31.2 Å². The number of hydrogen-bond acceptors (Lipinski definition) is 4. The summed E-state index contributed by atoms with van der Waals surface area (Å²) in [5.74, 6) is 0.0415. The molecule has 0 unspecified atom stereocenters. The third-order valence-corrected chi connectivity index (χ3v) is 5.49. The van der Waals surface area contributed by atoms with E-state index in [1.807, 2.05) is 59.1 Å². The van der Waals surface area contributed by atoms with Crippen LogP contribution in [0.15, 0.2) is 54.9 Å². The van der Waals surface area contributed by atoms with Crippen LogP contribution in [0.2, 0.25) is 0 Å². The van der Waals surface area contributed by atoms with Gasteiger partial charge in [-0.3, -0.25) is 4.79 Å². The molecule has 1 aliphatic rings. The van der Waals surface area contributed by atoms with Crippen LogP contribution in [0, 0.1) is 6.92 Å². The first-order valence-corrected chi connectivity index (χ1v) is 9.24. The van der Waals surface area contributed by atoms with Crippen LogP contribution in [-0.2, 0) is 0 Å². The second-order valence-electron chi connectivity index (χ2n) is 6.11. The van der Waals surface area contributed by atoms with Crippen molar-refractivity contribution in [3.05, 3.63) is 65.4 Å². The number of nitrogens with zero attached hydrogens (tertiary/aromatic N) is 4. The molecule has 0 atom stereocenters. The fourth-order valence-corrected chi connectivity index (χ4v) is 3.98. The van der Waals surface area contributed by atoms with Crippen molar-refractivity contribution in [2.24, 2.45) is 0 Å². The normalized spacial score (nSPS) is 14.8. The summed E-state index contributed by atoms with van der Waals surface area (Å²) in [6.07, 6.45) is 3.90. The van der Waals surface area contributed by atoms with Crippen molar-refractivity contribution in [1.29, 1.82) is 0 Å². The van der Waals surface area contributed by atoms with Gasteiger partial charge in [-0.15, -0.1) is 11.3 Å². The van der Waals surface area contributed by atoms with Gasteiger partial charge in [0.05, 0.1) is 0 Å². The molecule has 128 valence electrons. The van der Waals surface area contributed by atoms with E-state index in [0.717, 1.165) is 36.2 Å². The van der Waals surface area contributed by atoms with E-state index in [4.69, 9.17) is 0 Å². The van der Waals surface area contributed by atoms with E-state index in [2.05, 4.69) is 22.0 Å². The van der Waals surface area contributed by atoms with Gasteiger partial charge in [0.1, 0.15) is 5.69 Å². The van der Waals surface area contributed by atoms with E-state index in [0.29, 0.717) is 5.69 Å². The van der Waals surface area contributed by atoms with Crippen molar-refractivity contribution >= 4 is 22.9 Å². The Morgan fingerprint density at radius 3 is 2.36 bits per heavy atom. The van der Waals surface area contributed by atoms with E-state index < -0.39 is 0 Å². The first-order valence-electron chi connectivity index (χ1n) is 8.42. The van der Waals surface area contributed by atoms with Crippen molar-refractivity contribution in [1.82, 2.24) is 14.5 Å². The number of amides is 1. The monoisotopic (exact) mass is 352 g/mol. The van der Waals surface area contributed by atoms with Crippen molar-refractivity contribution in [2.75, 3.05) is 31.1 Å². The van der Waals surface area contributed by atoms with Crippen molar-refractivity contribution in [3.63, 3.8) is 0 Å². The van der Waals surface area contributed by atoms with Crippen LogP contribution in [0.3, 0.4) is 0 Å². The molecule has 0 saturated carbocycles. The molecule has 25 heavy (non-hydrogen) atoms. The van der Waals surface area contributed by atoms with Gasteiger partial charge in [-0.25, -0.2) is 4.98 Å². The molecule has 1 saturated heterocycles. The number of rotatable bonds is 3. The van der Waals surface area contributed by atoms with Crippen LogP contribution in [0.5, 0.6) is 0 Å². The van der Waals surface area contributed by atoms with Gasteiger partial charge >= 0.3 is 0 Å². The fraction of sp³-hybridized carbons (Fsp3) is 0.263. The fourth-order valence-electron chi connectivity index (χ4n) is 3.11. The molecule has 3 aromatic rings. The topological polar surface area (TPSA) is 41.4 Å². The third-order valence-electron chi connectivity index (χ3n) is 4.50. The summed E-state index contributed by atoms with van der Waals surface area (Å²) in [6, 6.07) is 14.3. The highest BCUT2D eigenvalue weighted by Crippen LogP contribution is 2.23. The molecule has 4 rings (SSSR count). The molecule has 1 fully saturated rings. The molecule has 0 radical (unpaired) electrons. The zero-order valence-corrected chi connectivity index (χ0v) is 14.9. The Labute approximate surface area is 151 Å². The SMILES string of the molecule is Cc1sc(-n2cccc2)nc1C(=O)N1CCN(c2ccccc2)CC1. The summed E-state index contributed by atoms with van der Waals surface area (Å²) in [4.78, 5) is 22.7. The molecule has 5 nitrogen and oxygen atoms in total. The number of carbonyl (C=O) groups is 1. The molecule has 1 aliphatic heterocycles. The average Bonchev–Trinajstić information content (AvgIpc) is 3.32. The van der Waals surface area contributed by atoms with Gasteiger partial charge in [-0.1, -0.05) is 18.2 Å². The quantitative estimate of drug-likeness (QED) is 0.727. The van der Waals surface area contributed by atoms with Gasteiger partial charge in [0.2, 0.25) is 0 Å². The molecule has 0 bridgehead atoms. The zero-order chi connectivity index (χ0) is 17.2. The predicted molar refractivity (Wildman–Crippen MR) is 101 cm³/mol. The third kappa shape index (κ3) is 3.17. The van der Waals surface area contributed by atoms with Gasteiger partial charge in [0, 0.05) is 49.1 Å². The molecule has 1 aromatic carbocycles. The largest absolute Gasteiger partial charge is 0.368 e. The highest BCUT2D eigenvalue weighted by molar-refractivity contribution is 7.14. The van der Waals surface area contributed by atoms with E-state index in [1.165, 1.54) is 5.69 Å². The summed E-state index contributed by atoms with van der Waals surface area (Å²) in [5, 5.41) is 0.841. The van der Waals surface area contributed by atoms with Crippen molar-refractivity contribution < 1.29 is 4.79 Å². The number of thiazole rings is 1. The molecule has 2 aromatic heterocycles. The van der Waals surface area contributed by atoms with E-state index in [-0.39, 0.29) is 5.91 Å². The number of para-hydroxylation sites is 1. The summed E-state index contributed by atoms with van der Waals surface area (Å²) in [5.41, 5.74) is 1.80. The Morgan fingerprint density at radius 2 is 1.68 bits per heavy atom. The standard InChI is InChI=1S/C19H20N4OS/c1-15-17(20-19(25-15)23-9-5-6-10-23)18(24)22-13-11-21(12-14-22)16-7-3-2-4-8-16/h2-10H,11-14H2,1H3. The number of aromatic nitrogens is 2. The Bertz CT molecular complexity index is 849. The van der Waals surface area contributed by atoms with Gasteiger partial charge in [0.15, 0.2) is 5.13 Å². The second kappa shape index (κ2) is 6.72. The Hall–Kier alpha value is -2.60. The lowest BCUT2D eigenvalue weighted by Gasteiger charge is -2.35. The number of aryl methyl sites for hydroxylation is 1. The maximum absolute atomic E-state index is 12.9. The van der Waals surface area contributed by atoms with E-state index >= 15 is 0 Å². The Kier molecular flexibility index (Phi) is 4.28. The van der Waals surface area contributed by atoms with Crippen molar-refractivity contribution in [3.8, 4) is 5.13 Å². The first kappa shape index (κ1) is 15.9. The van der Waals surface area contributed by atoms with Gasteiger partial charge < -0.3 is 14.4 Å². The number of hydrogen-bond donors (Lipinski definition) is 0. The molecular weight excluding hydrogens is 332 g/mol. The van der Waals surface area contributed by atoms with Gasteiger partial charge in [-0.2, -0.15) is 0 Å². The molecule has 0 spiro atoms. The van der Waals surface area contributed by atoms with Crippen LogP contribution < -0.4 is 4.90 Å². The molecule has 3 heterocycles. The minimum atomic E-state index is 0.0415. The van der Waals surface area contributed by atoms with Crippen LogP contribution in [0.1, 0.15) is 15.4 Å². The predicted octanol–water partition coefficient (Wildman–Crippen LogP) is 3.20. The summed E-state index contributed by atoms with van der Waals surface area (Å²) in [6.45, 7) is 5.12. The number of anilines is 1. The van der Waals surface area contributed by atoms with E-state index in [9.17, 15) is 4.79 Å². The molecular formula is C19H20N4OS. The number of benzene rings is 1. The average molecular weight is 352 g/mol. The second-order valence-corrected chi connectivity index (χ2v) is 7.29. The molecule has 6 heteroatoms. The first-order chi connectivity index (χ1) is 12.2. The van der Waals surface area contributed by atoms with Gasteiger partial charge in [0.25, 0.3) is 5.91 Å². The van der Waals surface area contributed by atoms with Crippen LogP contribution in [-0.4, -0.2) is 46.5 Å². The highest BCUT2D eigenvalue weighted by Gasteiger charge is 2.25. The highest BCUT2D eigenvalue weighted by atomic mass is 32.1. The number of piperazine rings is 1. The Balaban J connectivity index is 1.46. The lowest BCUT2D eigenvalue weighted by Crippen LogP contribution is -2.49. The molecule has 1 amide bonds. The molecule has 0 aliphatic carbocycles. The van der Waals surface area contributed by atoms with Crippen molar-refractivity contribution in [2.45, 2.75) is 6.92 Å². The lowest BCUT2D eigenvalue weighted by atomic mass is 10.2. The lowest BCUT2D eigenvalue weighted by molar-refractivity contribution is 0.0741. The maximum atomic E-state index is 12.9.